The van der Waals surface area contributed by atoms with E-state index in [1.54, 1.807) is 0 Å². The van der Waals surface area contributed by atoms with Crippen molar-refractivity contribution in [1.29, 1.82) is 0 Å². The Kier molecular flexibility index (Phi) is 3.15. The molecule has 0 spiro atoms. The molecule has 0 radical (unpaired) electrons. The number of hydrogen-bond acceptors (Lipinski definition) is 8. The third-order valence-electron chi connectivity index (χ3n) is 3.03. The second kappa shape index (κ2) is 4.69. The smallest absolute Gasteiger partial charge is 0.351 e. The summed E-state index contributed by atoms with van der Waals surface area (Å²) in [5.41, 5.74) is 4.74. The van der Waals surface area contributed by atoms with E-state index in [4.69, 9.17) is 19.5 Å². The number of aliphatic hydroxyl groups is 1. The van der Waals surface area contributed by atoms with E-state index in [9.17, 15) is 14.5 Å². The van der Waals surface area contributed by atoms with E-state index in [0.29, 0.717) is 0 Å². The molecule has 0 bridgehead atoms. The molecule has 19 heavy (non-hydrogen) atoms. The Hall–Kier alpha value is -1.25. The van der Waals surface area contributed by atoms with E-state index >= 15 is 0 Å². The van der Waals surface area contributed by atoms with Gasteiger partial charge in [0.15, 0.2) is 6.23 Å². The van der Waals surface area contributed by atoms with E-state index in [-0.39, 0.29) is 12.4 Å². The molecule has 0 amide bonds. The van der Waals surface area contributed by atoms with Gasteiger partial charge in [-0.25, -0.2) is 4.79 Å². The topological polar surface area (TPSA) is 126 Å². The molecule has 1 aromatic heterocycles. The van der Waals surface area contributed by atoms with E-state index in [1.165, 1.54) is 12.3 Å². The van der Waals surface area contributed by atoms with Crippen LogP contribution in [0.3, 0.4) is 0 Å². The average molecular weight is 289 g/mol. The number of hydrogen-bond donors (Lipinski definition) is 2. The fourth-order valence-electron chi connectivity index (χ4n) is 2.14. The van der Waals surface area contributed by atoms with Gasteiger partial charge in [0.25, 0.3) is 0 Å². The highest BCUT2D eigenvalue weighted by molar-refractivity contribution is 7.33. The lowest BCUT2D eigenvalue weighted by molar-refractivity contribution is -0.0584. The van der Waals surface area contributed by atoms with Gasteiger partial charge in [0.2, 0.25) is 0 Å². The van der Waals surface area contributed by atoms with Crippen LogP contribution in [0.5, 0.6) is 0 Å². The summed E-state index contributed by atoms with van der Waals surface area (Å²) in [7, 11) is -2.61. The minimum absolute atomic E-state index is 0.0488. The van der Waals surface area contributed by atoms with Gasteiger partial charge in [-0.3, -0.25) is 9.13 Å². The molecule has 3 N–H and O–H groups in total. The first-order valence-corrected chi connectivity index (χ1v) is 6.80. The first-order valence-electron chi connectivity index (χ1n) is 5.58. The molecular weight excluding hydrogens is 277 g/mol. The third kappa shape index (κ3) is 2.19. The molecule has 0 aliphatic carbocycles. The summed E-state index contributed by atoms with van der Waals surface area (Å²) in [4.78, 5) is 15.2. The standard InChI is InChI=1S/C9H12N3O6P/c10-5-1-2-12(9(14)11-5)8-6(13)7-4(17-8)3-16-19(15)18-7/h1-2,4,6-8,13,19H,3H2,(H2,10,11,14)/t4-,6+,7?,8-/m1/s1. The maximum absolute atomic E-state index is 11.7. The van der Waals surface area contributed by atoms with Gasteiger partial charge in [-0.2, -0.15) is 4.98 Å². The summed E-state index contributed by atoms with van der Waals surface area (Å²) < 4.78 is 27.7. The van der Waals surface area contributed by atoms with Crippen LogP contribution in [-0.2, 0) is 18.3 Å². The molecular formula is C9H12N3O6P. The summed E-state index contributed by atoms with van der Waals surface area (Å²) in [5.74, 6) is 0.0794. The van der Waals surface area contributed by atoms with Crippen LogP contribution in [-0.4, -0.2) is 39.6 Å². The zero-order chi connectivity index (χ0) is 13.6. The van der Waals surface area contributed by atoms with Crippen molar-refractivity contribution in [2.45, 2.75) is 24.5 Å². The largest absolute Gasteiger partial charge is 0.386 e. The second-order valence-electron chi connectivity index (χ2n) is 4.24. The quantitative estimate of drug-likeness (QED) is 0.623. The molecule has 0 aromatic carbocycles. The minimum atomic E-state index is -2.61. The lowest BCUT2D eigenvalue weighted by Gasteiger charge is -2.24. The number of aromatic nitrogens is 2. The highest BCUT2D eigenvalue weighted by atomic mass is 31.1. The molecule has 10 heteroatoms. The molecule has 1 aromatic rings. The number of aliphatic hydroxyl groups excluding tert-OH is 1. The maximum Gasteiger partial charge on any atom is 0.351 e. The molecule has 2 saturated heterocycles. The normalized spacial score (nSPS) is 38.1. The van der Waals surface area contributed by atoms with Crippen LogP contribution in [0.4, 0.5) is 5.82 Å². The van der Waals surface area contributed by atoms with E-state index in [1.807, 2.05) is 0 Å². The molecule has 3 heterocycles. The van der Waals surface area contributed by atoms with Gasteiger partial charge in [-0.15, -0.1) is 0 Å². The minimum Gasteiger partial charge on any atom is -0.386 e. The average Bonchev–Trinajstić information content (AvgIpc) is 2.67. The van der Waals surface area contributed by atoms with Crippen LogP contribution in [0.1, 0.15) is 6.23 Å². The van der Waals surface area contributed by atoms with Crippen molar-refractivity contribution >= 4 is 14.1 Å². The Labute approximate surface area is 107 Å². The molecule has 9 nitrogen and oxygen atoms in total. The SMILES string of the molecule is Nc1ccn([C@@H]2O[C@@H]3CO[PH](=O)OC3[C@@H]2O)c(=O)n1. The van der Waals surface area contributed by atoms with Crippen LogP contribution in [0.25, 0.3) is 0 Å². The molecule has 104 valence electrons. The molecule has 2 fully saturated rings. The summed E-state index contributed by atoms with van der Waals surface area (Å²) in [6, 6.07) is 1.42. The van der Waals surface area contributed by atoms with Gasteiger partial charge in [-0.05, 0) is 6.07 Å². The molecule has 2 unspecified atom stereocenters. The lowest BCUT2D eigenvalue weighted by atomic mass is 10.1. The highest BCUT2D eigenvalue weighted by Crippen LogP contribution is 2.41. The Morgan fingerprint density at radius 3 is 3.11 bits per heavy atom. The Morgan fingerprint density at radius 1 is 1.58 bits per heavy atom. The summed E-state index contributed by atoms with van der Waals surface area (Å²) in [6.45, 7) is 0.0488. The van der Waals surface area contributed by atoms with Crippen LogP contribution in [0.15, 0.2) is 17.1 Å². The van der Waals surface area contributed by atoms with E-state index in [0.717, 1.165) is 4.57 Å². The van der Waals surface area contributed by atoms with Gasteiger partial charge in [0.05, 0.1) is 6.61 Å². The Morgan fingerprint density at radius 2 is 2.37 bits per heavy atom. The Balaban J connectivity index is 1.90. The van der Waals surface area contributed by atoms with Crippen molar-refractivity contribution in [1.82, 2.24) is 9.55 Å². The summed E-state index contributed by atoms with van der Waals surface area (Å²) >= 11 is 0. The highest BCUT2D eigenvalue weighted by Gasteiger charge is 2.49. The van der Waals surface area contributed by atoms with Crippen LogP contribution in [0.2, 0.25) is 0 Å². The number of nitrogens with two attached hydrogens (primary N) is 1. The number of rotatable bonds is 1. The zero-order valence-corrected chi connectivity index (χ0v) is 10.6. The predicted octanol–water partition coefficient (Wildman–Crippen LogP) is -1.11. The molecule has 2 aliphatic heterocycles. The van der Waals surface area contributed by atoms with Gasteiger partial charge in [0.1, 0.15) is 24.1 Å². The monoisotopic (exact) mass is 289 g/mol. The van der Waals surface area contributed by atoms with Crippen molar-refractivity contribution in [2.24, 2.45) is 0 Å². The zero-order valence-electron chi connectivity index (χ0n) is 9.63. The Bertz CT molecular complexity index is 577. The maximum atomic E-state index is 11.7. The molecule has 5 atom stereocenters. The van der Waals surface area contributed by atoms with Crippen LogP contribution >= 0.6 is 8.25 Å². The van der Waals surface area contributed by atoms with Gasteiger partial charge in [-0.1, -0.05) is 0 Å². The van der Waals surface area contributed by atoms with Crippen molar-refractivity contribution in [3.63, 3.8) is 0 Å². The number of nitrogens with zero attached hydrogens (tertiary/aromatic N) is 2. The number of anilines is 1. The van der Waals surface area contributed by atoms with Crippen molar-refractivity contribution in [3.8, 4) is 0 Å². The number of nitrogen functional groups attached to an aromatic ring is 1. The number of ether oxygens (including phenoxy) is 1. The van der Waals surface area contributed by atoms with Gasteiger partial charge < -0.3 is 24.6 Å². The van der Waals surface area contributed by atoms with Crippen LogP contribution in [0, 0.1) is 0 Å². The van der Waals surface area contributed by atoms with Gasteiger partial charge in [0, 0.05) is 6.20 Å². The van der Waals surface area contributed by atoms with Crippen molar-refractivity contribution in [2.75, 3.05) is 12.3 Å². The lowest BCUT2D eigenvalue weighted by Crippen LogP contribution is -2.38. The first-order chi connectivity index (χ1) is 9.06. The summed E-state index contributed by atoms with van der Waals surface area (Å²) in [6.07, 6.45) is -2.08. The fraction of sp³-hybridized carbons (Fsp3) is 0.556. The number of fused-ring (bicyclic) bond motifs is 1. The molecule has 0 saturated carbocycles. The fourth-order valence-corrected chi connectivity index (χ4v) is 3.03. The molecule has 2 aliphatic rings. The van der Waals surface area contributed by atoms with Gasteiger partial charge >= 0.3 is 13.9 Å². The van der Waals surface area contributed by atoms with E-state index < -0.39 is 38.5 Å². The van der Waals surface area contributed by atoms with E-state index in [2.05, 4.69) is 4.98 Å². The predicted molar refractivity (Wildman–Crippen MR) is 62.7 cm³/mol. The second-order valence-corrected chi connectivity index (χ2v) is 5.27. The van der Waals surface area contributed by atoms with Crippen molar-refractivity contribution < 1.29 is 23.5 Å². The van der Waals surface area contributed by atoms with Crippen molar-refractivity contribution in [3.05, 3.63) is 22.7 Å². The summed E-state index contributed by atoms with van der Waals surface area (Å²) in [5, 5.41) is 10.1. The molecule has 3 rings (SSSR count). The van der Waals surface area contributed by atoms with Crippen LogP contribution < -0.4 is 11.4 Å². The first kappa shape index (κ1) is 12.8. The third-order valence-corrected chi connectivity index (χ3v) is 3.90.